The first-order valence-corrected chi connectivity index (χ1v) is 10.5. The number of unbranched alkanes of at least 4 members (excludes halogenated alkanes) is 4. The number of hydrogen-bond acceptors (Lipinski definition) is 7. The van der Waals surface area contributed by atoms with Crippen LogP contribution in [0.15, 0.2) is 12.1 Å². The van der Waals surface area contributed by atoms with Gasteiger partial charge in [-0.25, -0.2) is 9.59 Å². The molecular formula is C22H34N2O5. The second-order valence-electron chi connectivity index (χ2n) is 6.95. The molecule has 0 saturated heterocycles. The van der Waals surface area contributed by atoms with Crippen molar-refractivity contribution in [2.24, 2.45) is 5.73 Å². The topological polar surface area (TPSA) is 122 Å². The molecule has 0 unspecified atom stereocenters. The molecule has 7 nitrogen and oxygen atoms in total. The van der Waals surface area contributed by atoms with Gasteiger partial charge in [-0.2, -0.15) is 0 Å². The highest BCUT2D eigenvalue weighted by atomic mass is 16.5. The summed E-state index contributed by atoms with van der Waals surface area (Å²) in [6.45, 7) is 4.96. The highest BCUT2D eigenvalue weighted by molar-refractivity contribution is 6.14. The molecule has 0 aromatic heterocycles. The Morgan fingerprint density at radius 2 is 1.45 bits per heavy atom. The zero-order valence-corrected chi connectivity index (χ0v) is 17.6. The van der Waals surface area contributed by atoms with Crippen molar-refractivity contribution in [3.63, 3.8) is 0 Å². The smallest absolute Gasteiger partial charge is 0.339 e. The van der Waals surface area contributed by atoms with Crippen LogP contribution in [0.25, 0.3) is 0 Å². The molecule has 0 aliphatic heterocycles. The van der Waals surface area contributed by atoms with E-state index in [1.165, 1.54) is 12.1 Å². The van der Waals surface area contributed by atoms with Crippen molar-refractivity contribution in [2.45, 2.75) is 65.2 Å². The number of carbonyl (C=O) groups is 3. The number of carbonyl (C=O) groups excluding carboxylic acids is 3. The Balaban J connectivity index is 3.21. The molecule has 29 heavy (non-hydrogen) atoms. The molecule has 0 amide bonds. The lowest BCUT2D eigenvalue weighted by Crippen LogP contribution is -2.21. The van der Waals surface area contributed by atoms with Crippen molar-refractivity contribution in [2.75, 3.05) is 25.5 Å². The summed E-state index contributed by atoms with van der Waals surface area (Å²) in [5.74, 6) is -1.67. The third kappa shape index (κ3) is 7.85. The van der Waals surface area contributed by atoms with Crippen LogP contribution in [0, 0.1) is 0 Å². The Kier molecular flexibility index (Phi) is 11.6. The van der Waals surface area contributed by atoms with E-state index in [1.54, 1.807) is 0 Å². The summed E-state index contributed by atoms with van der Waals surface area (Å²) >= 11 is 0. The van der Waals surface area contributed by atoms with Crippen molar-refractivity contribution in [1.82, 2.24) is 0 Å². The molecule has 1 rings (SSSR count). The molecule has 0 heterocycles. The van der Waals surface area contributed by atoms with E-state index in [0.29, 0.717) is 25.8 Å². The number of ether oxygens (including phenoxy) is 2. The average Bonchev–Trinajstić information content (AvgIpc) is 2.70. The summed E-state index contributed by atoms with van der Waals surface area (Å²) in [5.41, 5.74) is 11.6. The van der Waals surface area contributed by atoms with Crippen LogP contribution in [0.5, 0.6) is 0 Å². The molecule has 1 aromatic carbocycles. The fraction of sp³-hybridized carbons (Fsp3) is 0.591. The lowest BCUT2D eigenvalue weighted by Gasteiger charge is -2.15. The van der Waals surface area contributed by atoms with Crippen molar-refractivity contribution in [1.29, 1.82) is 0 Å². The van der Waals surface area contributed by atoms with Gasteiger partial charge in [0.25, 0.3) is 0 Å². The Hall–Kier alpha value is -2.41. The van der Waals surface area contributed by atoms with Crippen LogP contribution in [0.4, 0.5) is 5.69 Å². The van der Waals surface area contributed by atoms with Gasteiger partial charge < -0.3 is 20.9 Å². The molecule has 0 radical (unpaired) electrons. The van der Waals surface area contributed by atoms with Crippen molar-refractivity contribution in [3.8, 4) is 0 Å². The number of rotatable bonds is 14. The van der Waals surface area contributed by atoms with Gasteiger partial charge in [-0.1, -0.05) is 33.1 Å². The molecule has 0 bridgehead atoms. The molecule has 4 N–H and O–H groups in total. The number of ketones is 1. The predicted octanol–water partition coefficient (Wildman–Crippen LogP) is 3.88. The van der Waals surface area contributed by atoms with Crippen molar-refractivity contribution < 1.29 is 23.9 Å². The highest BCUT2D eigenvalue weighted by Gasteiger charge is 2.28. The van der Waals surface area contributed by atoms with Crippen molar-refractivity contribution >= 4 is 23.4 Å². The Labute approximate surface area is 173 Å². The van der Waals surface area contributed by atoms with E-state index in [-0.39, 0.29) is 47.8 Å². The normalized spacial score (nSPS) is 10.6. The number of nitrogens with two attached hydrogens (primary N) is 2. The molecule has 1 aromatic rings. The largest absolute Gasteiger partial charge is 0.462 e. The minimum atomic E-state index is -0.724. The summed E-state index contributed by atoms with van der Waals surface area (Å²) in [5, 5.41) is 0. The van der Waals surface area contributed by atoms with E-state index < -0.39 is 11.9 Å². The first-order chi connectivity index (χ1) is 14.0. The lowest BCUT2D eigenvalue weighted by atomic mass is 9.93. The second-order valence-corrected chi connectivity index (χ2v) is 6.95. The van der Waals surface area contributed by atoms with Gasteiger partial charge in [0.05, 0.1) is 29.9 Å². The standard InChI is InChI=1S/C22H34N2O5/c1-3-5-14-28-21(26)16-11-12-17(24)20(18(25)10-8-7-9-13-23)19(16)22(27)29-15-6-4-2/h11-12H,3-10,13-15,23-24H2,1-2H3. The Bertz CT molecular complexity index is 688. The predicted molar refractivity (Wildman–Crippen MR) is 113 cm³/mol. The average molecular weight is 407 g/mol. The summed E-state index contributed by atoms with van der Waals surface area (Å²) in [7, 11) is 0. The highest BCUT2D eigenvalue weighted by Crippen LogP contribution is 2.26. The number of anilines is 1. The summed E-state index contributed by atoms with van der Waals surface area (Å²) in [6, 6.07) is 2.89. The first kappa shape index (κ1) is 24.6. The van der Waals surface area contributed by atoms with Gasteiger partial charge in [-0.15, -0.1) is 0 Å². The summed E-state index contributed by atoms with van der Waals surface area (Å²) in [6.07, 6.45) is 5.58. The minimum Gasteiger partial charge on any atom is -0.462 e. The third-order valence-corrected chi connectivity index (χ3v) is 4.51. The van der Waals surface area contributed by atoms with Gasteiger partial charge in [-0.3, -0.25) is 4.79 Å². The molecule has 0 saturated carbocycles. The van der Waals surface area contributed by atoms with Crippen LogP contribution in [-0.2, 0) is 9.47 Å². The van der Waals surface area contributed by atoms with Gasteiger partial charge >= 0.3 is 11.9 Å². The lowest BCUT2D eigenvalue weighted by molar-refractivity contribution is 0.0451. The number of Topliss-reactive ketones (excluding diaryl/α,β-unsaturated/α-hetero) is 1. The van der Waals surface area contributed by atoms with Crippen LogP contribution >= 0.6 is 0 Å². The fourth-order valence-corrected chi connectivity index (χ4v) is 2.80. The number of nitrogen functional groups attached to an aromatic ring is 1. The Morgan fingerprint density at radius 3 is 2.03 bits per heavy atom. The fourth-order valence-electron chi connectivity index (χ4n) is 2.80. The molecule has 162 valence electrons. The van der Waals surface area contributed by atoms with E-state index in [9.17, 15) is 14.4 Å². The minimum absolute atomic E-state index is 0.0158. The van der Waals surface area contributed by atoms with Crippen LogP contribution in [-0.4, -0.2) is 37.5 Å². The van der Waals surface area contributed by atoms with Gasteiger partial charge in [0.15, 0.2) is 5.78 Å². The maximum atomic E-state index is 12.8. The van der Waals surface area contributed by atoms with Gasteiger partial charge in [0.2, 0.25) is 0 Å². The number of benzene rings is 1. The molecule has 0 atom stereocenters. The van der Waals surface area contributed by atoms with E-state index in [1.807, 2.05) is 13.8 Å². The van der Waals surface area contributed by atoms with Crippen LogP contribution < -0.4 is 11.5 Å². The maximum Gasteiger partial charge on any atom is 0.339 e. The quantitative estimate of drug-likeness (QED) is 0.208. The number of hydrogen-bond donors (Lipinski definition) is 2. The molecule has 0 aliphatic rings. The summed E-state index contributed by atoms with van der Waals surface area (Å²) < 4.78 is 10.6. The zero-order valence-electron chi connectivity index (χ0n) is 17.6. The molecular weight excluding hydrogens is 372 g/mol. The maximum absolute atomic E-state index is 12.8. The van der Waals surface area contributed by atoms with Crippen LogP contribution in [0.1, 0.15) is 96.3 Å². The van der Waals surface area contributed by atoms with E-state index in [2.05, 4.69) is 0 Å². The summed E-state index contributed by atoms with van der Waals surface area (Å²) in [4.78, 5) is 38.2. The van der Waals surface area contributed by atoms with Crippen molar-refractivity contribution in [3.05, 3.63) is 28.8 Å². The SMILES string of the molecule is CCCCOC(=O)c1ccc(N)c(C(=O)CCCCCN)c1C(=O)OCCCC. The molecule has 0 aliphatic carbocycles. The Morgan fingerprint density at radius 1 is 0.828 bits per heavy atom. The van der Waals surface area contributed by atoms with Crippen LogP contribution in [0.3, 0.4) is 0 Å². The third-order valence-electron chi connectivity index (χ3n) is 4.51. The van der Waals surface area contributed by atoms with Crippen LogP contribution in [0.2, 0.25) is 0 Å². The van der Waals surface area contributed by atoms with Gasteiger partial charge in [0.1, 0.15) is 0 Å². The van der Waals surface area contributed by atoms with E-state index in [0.717, 1.165) is 25.7 Å². The van der Waals surface area contributed by atoms with E-state index in [4.69, 9.17) is 20.9 Å². The molecule has 0 fully saturated rings. The molecule has 7 heteroatoms. The first-order valence-electron chi connectivity index (χ1n) is 10.5. The molecule has 0 spiro atoms. The zero-order chi connectivity index (χ0) is 21.6. The second kappa shape index (κ2) is 13.7. The monoisotopic (exact) mass is 406 g/mol. The van der Waals surface area contributed by atoms with Gasteiger partial charge in [-0.05, 0) is 44.4 Å². The van der Waals surface area contributed by atoms with E-state index >= 15 is 0 Å². The van der Waals surface area contributed by atoms with Gasteiger partial charge in [0, 0.05) is 12.1 Å². The number of esters is 2.